The van der Waals surface area contributed by atoms with Gasteiger partial charge in [0.25, 0.3) is 0 Å². The molecule has 1 amide bonds. The number of likely N-dealkylation sites (tertiary alicyclic amines) is 1. The molecule has 2 heterocycles. The van der Waals surface area contributed by atoms with Gasteiger partial charge in [-0.15, -0.1) is 0 Å². The van der Waals surface area contributed by atoms with E-state index in [1.54, 1.807) is 30.3 Å². The molecule has 4 rings (SSSR count). The van der Waals surface area contributed by atoms with Crippen LogP contribution in [0.4, 0.5) is 8.78 Å². The normalized spacial score (nSPS) is 16.0. The lowest BCUT2D eigenvalue weighted by Crippen LogP contribution is -2.38. The number of benzene rings is 2. The summed E-state index contributed by atoms with van der Waals surface area (Å²) >= 11 is 0. The Kier molecular flexibility index (Phi) is 6.90. The molecule has 3 aromatic rings. The van der Waals surface area contributed by atoms with Gasteiger partial charge in [-0.2, -0.15) is 0 Å². The fourth-order valence-corrected chi connectivity index (χ4v) is 4.24. The molecule has 0 spiro atoms. The molecule has 6 heteroatoms. The lowest BCUT2D eigenvalue weighted by molar-refractivity contribution is -0.133. The largest absolute Gasteiger partial charge is 0.333 e. The first-order valence-electron chi connectivity index (χ1n) is 10.9. The van der Waals surface area contributed by atoms with Crippen molar-refractivity contribution in [1.29, 1.82) is 0 Å². The highest BCUT2D eigenvalue weighted by Gasteiger charge is 2.31. The van der Waals surface area contributed by atoms with Gasteiger partial charge in [0, 0.05) is 24.8 Å². The topological polar surface area (TPSA) is 36.4 Å². The molecule has 1 fully saturated rings. The standard InChI is InChI=1S/C26H27F2N3O/c1-30(17-21-5-2-3-6-23(21)28)18-26(32)31-14-4-7-25(31)24-13-10-20(16-29-24)15-19-8-11-22(27)12-9-19/h2-3,5-6,8-13,16,25H,4,7,14-15,17-18H2,1H3/t25-/m0/s1. The van der Waals surface area contributed by atoms with Crippen LogP contribution in [0.1, 0.15) is 41.3 Å². The molecule has 2 aromatic carbocycles. The second-order valence-electron chi connectivity index (χ2n) is 8.40. The van der Waals surface area contributed by atoms with E-state index in [0.29, 0.717) is 25.1 Å². The van der Waals surface area contributed by atoms with Crippen molar-refractivity contribution in [1.82, 2.24) is 14.8 Å². The Morgan fingerprint density at radius 3 is 2.53 bits per heavy atom. The maximum Gasteiger partial charge on any atom is 0.237 e. The number of carbonyl (C=O) groups is 1. The van der Waals surface area contributed by atoms with E-state index >= 15 is 0 Å². The third-order valence-electron chi connectivity index (χ3n) is 5.89. The zero-order chi connectivity index (χ0) is 22.5. The van der Waals surface area contributed by atoms with E-state index in [1.807, 2.05) is 35.2 Å². The Morgan fingerprint density at radius 1 is 1.06 bits per heavy atom. The molecule has 0 N–H and O–H groups in total. The number of rotatable bonds is 7. The van der Waals surface area contributed by atoms with Gasteiger partial charge in [-0.25, -0.2) is 8.78 Å². The maximum atomic E-state index is 13.9. The van der Waals surface area contributed by atoms with Crippen molar-refractivity contribution in [2.45, 2.75) is 31.8 Å². The highest BCUT2D eigenvalue weighted by Crippen LogP contribution is 2.31. The summed E-state index contributed by atoms with van der Waals surface area (Å²) in [5.41, 5.74) is 3.53. The summed E-state index contributed by atoms with van der Waals surface area (Å²) in [6.07, 6.45) is 4.34. The van der Waals surface area contributed by atoms with E-state index in [2.05, 4.69) is 4.98 Å². The van der Waals surface area contributed by atoms with Gasteiger partial charge >= 0.3 is 0 Å². The van der Waals surface area contributed by atoms with Crippen molar-refractivity contribution < 1.29 is 13.6 Å². The van der Waals surface area contributed by atoms with E-state index < -0.39 is 0 Å². The minimum Gasteiger partial charge on any atom is -0.333 e. The predicted octanol–water partition coefficient (Wildman–Crippen LogP) is 4.75. The second kappa shape index (κ2) is 10.0. The summed E-state index contributed by atoms with van der Waals surface area (Å²) in [5.74, 6) is -0.466. The van der Waals surface area contributed by atoms with E-state index in [1.165, 1.54) is 18.2 Å². The zero-order valence-electron chi connectivity index (χ0n) is 18.2. The number of aromatic nitrogens is 1. The summed E-state index contributed by atoms with van der Waals surface area (Å²) in [6, 6.07) is 17.1. The first-order valence-corrected chi connectivity index (χ1v) is 10.9. The average Bonchev–Trinajstić information content (AvgIpc) is 3.28. The summed E-state index contributed by atoms with van der Waals surface area (Å²) in [5, 5.41) is 0. The molecular formula is C26H27F2N3O. The molecule has 0 aliphatic carbocycles. The van der Waals surface area contributed by atoms with Gasteiger partial charge in [0.15, 0.2) is 0 Å². The first-order chi connectivity index (χ1) is 15.5. The Balaban J connectivity index is 1.37. The van der Waals surface area contributed by atoms with Crippen LogP contribution in [0.3, 0.4) is 0 Å². The SMILES string of the molecule is CN(CC(=O)N1CCC[C@H]1c1ccc(Cc2ccc(F)cc2)cn1)Cc1ccccc1F. The second-order valence-corrected chi connectivity index (χ2v) is 8.40. The van der Waals surface area contributed by atoms with Crippen molar-refractivity contribution >= 4 is 5.91 Å². The van der Waals surface area contributed by atoms with Crippen LogP contribution in [-0.2, 0) is 17.8 Å². The molecule has 0 radical (unpaired) electrons. The highest BCUT2D eigenvalue weighted by molar-refractivity contribution is 5.79. The van der Waals surface area contributed by atoms with Crippen LogP contribution in [0.25, 0.3) is 0 Å². The predicted molar refractivity (Wildman–Crippen MR) is 120 cm³/mol. The minimum absolute atomic E-state index is 0.0310. The quantitative estimate of drug-likeness (QED) is 0.538. The third-order valence-corrected chi connectivity index (χ3v) is 5.89. The molecule has 4 nitrogen and oxygen atoms in total. The van der Waals surface area contributed by atoms with Crippen LogP contribution in [0.5, 0.6) is 0 Å². The Hall–Kier alpha value is -3.12. The van der Waals surface area contributed by atoms with E-state index in [9.17, 15) is 13.6 Å². The molecule has 0 bridgehead atoms. The lowest BCUT2D eigenvalue weighted by atomic mass is 10.0. The molecule has 1 aromatic heterocycles. The van der Waals surface area contributed by atoms with Crippen molar-refractivity contribution in [3.05, 3.63) is 101 Å². The van der Waals surface area contributed by atoms with Crippen molar-refractivity contribution in [2.75, 3.05) is 20.1 Å². The van der Waals surface area contributed by atoms with E-state index in [0.717, 1.165) is 29.7 Å². The van der Waals surface area contributed by atoms with Crippen LogP contribution >= 0.6 is 0 Å². The summed E-state index contributed by atoms with van der Waals surface area (Å²) in [6.45, 7) is 1.32. The molecule has 1 saturated heterocycles. The zero-order valence-corrected chi connectivity index (χ0v) is 18.2. The molecule has 166 valence electrons. The number of hydrogen-bond acceptors (Lipinski definition) is 3. The summed E-state index contributed by atoms with van der Waals surface area (Å²) in [7, 11) is 1.83. The molecule has 0 saturated carbocycles. The van der Waals surface area contributed by atoms with Crippen LogP contribution in [0.15, 0.2) is 66.9 Å². The molecule has 1 aliphatic heterocycles. The number of halogens is 2. The Morgan fingerprint density at radius 2 is 1.81 bits per heavy atom. The fraction of sp³-hybridized carbons (Fsp3) is 0.308. The van der Waals surface area contributed by atoms with Crippen LogP contribution in [-0.4, -0.2) is 40.8 Å². The van der Waals surface area contributed by atoms with Crippen molar-refractivity contribution in [3.8, 4) is 0 Å². The maximum absolute atomic E-state index is 13.9. The molecular weight excluding hydrogens is 408 g/mol. The number of pyridine rings is 1. The molecule has 32 heavy (non-hydrogen) atoms. The molecule has 1 aliphatic rings. The van der Waals surface area contributed by atoms with E-state index in [4.69, 9.17) is 0 Å². The first kappa shape index (κ1) is 22.1. The van der Waals surface area contributed by atoms with Crippen LogP contribution in [0, 0.1) is 11.6 Å². The lowest BCUT2D eigenvalue weighted by Gasteiger charge is -2.27. The molecule has 1 atom stereocenters. The van der Waals surface area contributed by atoms with Crippen LogP contribution < -0.4 is 0 Å². The summed E-state index contributed by atoms with van der Waals surface area (Å²) in [4.78, 5) is 21.3. The number of likely N-dealkylation sites (N-methyl/N-ethyl adjacent to an activating group) is 1. The van der Waals surface area contributed by atoms with Crippen molar-refractivity contribution in [2.24, 2.45) is 0 Å². The fourth-order valence-electron chi connectivity index (χ4n) is 4.24. The monoisotopic (exact) mass is 435 g/mol. The summed E-state index contributed by atoms with van der Waals surface area (Å²) < 4.78 is 27.0. The van der Waals surface area contributed by atoms with Crippen molar-refractivity contribution in [3.63, 3.8) is 0 Å². The number of amides is 1. The van der Waals surface area contributed by atoms with Gasteiger partial charge in [-0.05, 0) is 61.7 Å². The van der Waals surface area contributed by atoms with Crippen LogP contribution in [0.2, 0.25) is 0 Å². The Labute approximate surface area is 187 Å². The highest BCUT2D eigenvalue weighted by atomic mass is 19.1. The minimum atomic E-state index is -0.254. The van der Waals surface area contributed by atoms with Gasteiger partial charge in [-0.1, -0.05) is 36.4 Å². The number of nitrogens with zero attached hydrogens (tertiary/aromatic N) is 3. The van der Waals surface area contributed by atoms with Gasteiger partial charge < -0.3 is 4.90 Å². The van der Waals surface area contributed by atoms with Gasteiger partial charge in [0.2, 0.25) is 5.91 Å². The van der Waals surface area contributed by atoms with Gasteiger partial charge in [0.1, 0.15) is 11.6 Å². The van der Waals surface area contributed by atoms with E-state index in [-0.39, 0.29) is 30.1 Å². The Bertz CT molecular complexity index is 1050. The third kappa shape index (κ3) is 5.37. The smallest absolute Gasteiger partial charge is 0.237 e. The average molecular weight is 436 g/mol. The number of carbonyl (C=O) groups excluding carboxylic acids is 1. The number of hydrogen-bond donors (Lipinski definition) is 0. The molecule has 0 unspecified atom stereocenters. The van der Waals surface area contributed by atoms with Gasteiger partial charge in [0.05, 0.1) is 18.3 Å². The van der Waals surface area contributed by atoms with Gasteiger partial charge in [-0.3, -0.25) is 14.7 Å².